The van der Waals surface area contributed by atoms with Crippen LogP contribution in [-0.4, -0.2) is 46.1 Å². The molecule has 2 heterocycles. The Balaban J connectivity index is 1.35. The number of nitrogens with one attached hydrogen (secondary N) is 1. The first-order valence-corrected chi connectivity index (χ1v) is 14.7. The standard InChI is InChI=1S/C28H28ClFN4O4S2/c1-4-34-23(6-5-13-38-22-12-9-19(29)14-17(22)2)32-33-28(34)40-16-24(35)31-26-25(27(36)37-3)21(15-39-26)18-7-10-20(30)11-8-18/h7-12,14-15H,4-6,13,16H2,1-3H3,(H,31,35). The molecule has 1 N–H and O–H groups in total. The third-order valence-electron chi connectivity index (χ3n) is 5.97. The van der Waals surface area contributed by atoms with Crippen molar-refractivity contribution in [3.8, 4) is 16.9 Å². The van der Waals surface area contributed by atoms with Gasteiger partial charge < -0.3 is 19.4 Å². The van der Waals surface area contributed by atoms with Crippen molar-refractivity contribution in [2.75, 3.05) is 24.8 Å². The number of thiophene rings is 1. The van der Waals surface area contributed by atoms with Crippen LogP contribution in [0.5, 0.6) is 5.75 Å². The molecule has 2 aromatic carbocycles. The van der Waals surface area contributed by atoms with Gasteiger partial charge in [-0.15, -0.1) is 21.5 Å². The number of hydrogen-bond donors (Lipinski definition) is 1. The molecule has 0 saturated carbocycles. The molecule has 0 radical (unpaired) electrons. The lowest BCUT2D eigenvalue weighted by Gasteiger charge is -2.10. The second-order valence-corrected chi connectivity index (χ2v) is 11.0. The van der Waals surface area contributed by atoms with Crippen molar-refractivity contribution in [3.05, 3.63) is 75.6 Å². The highest BCUT2D eigenvalue weighted by Gasteiger charge is 2.23. The maximum Gasteiger partial charge on any atom is 0.341 e. The highest BCUT2D eigenvalue weighted by molar-refractivity contribution is 7.99. The van der Waals surface area contributed by atoms with Gasteiger partial charge in [-0.05, 0) is 61.7 Å². The zero-order chi connectivity index (χ0) is 28.6. The summed E-state index contributed by atoms with van der Waals surface area (Å²) in [6, 6.07) is 11.3. The number of amides is 1. The van der Waals surface area contributed by atoms with Crippen LogP contribution in [0, 0.1) is 12.7 Å². The Morgan fingerprint density at radius 1 is 1.18 bits per heavy atom. The smallest absolute Gasteiger partial charge is 0.341 e. The highest BCUT2D eigenvalue weighted by atomic mass is 35.5. The second-order valence-electron chi connectivity index (χ2n) is 8.69. The van der Waals surface area contributed by atoms with E-state index >= 15 is 0 Å². The Bertz CT molecular complexity index is 1490. The molecule has 40 heavy (non-hydrogen) atoms. The minimum atomic E-state index is -0.589. The Hall–Kier alpha value is -3.41. The van der Waals surface area contributed by atoms with Crippen molar-refractivity contribution < 1.29 is 23.5 Å². The molecule has 0 bridgehead atoms. The number of nitrogens with zero attached hydrogens (tertiary/aromatic N) is 3. The number of thioether (sulfide) groups is 1. The Labute approximate surface area is 244 Å². The van der Waals surface area contributed by atoms with Crippen LogP contribution in [-0.2, 0) is 22.5 Å². The molecule has 0 unspecified atom stereocenters. The first-order chi connectivity index (χ1) is 19.3. The van der Waals surface area contributed by atoms with Gasteiger partial charge in [0.05, 0.1) is 19.5 Å². The number of anilines is 1. The summed E-state index contributed by atoms with van der Waals surface area (Å²) in [7, 11) is 1.27. The molecule has 2 aromatic heterocycles. The normalized spacial score (nSPS) is 10.9. The molecule has 0 aliphatic carbocycles. The van der Waals surface area contributed by atoms with E-state index in [9.17, 15) is 14.0 Å². The lowest BCUT2D eigenvalue weighted by molar-refractivity contribution is -0.113. The van der Waals surface area contributed by atoms with Crippen molar-refractivity contribution in [1.29, 1.82) is 0 Å². The molecular weight excluding hydrogens is 575 g/mol. The van der Waals surface area contributed by atoms with Crippen molar-refractivity contribution in [3.63, 3.8) is 0 Å². The largest absolute Gasteiger partial charge is 0.493 e. The van der Waals surface area contributed by atoms with Crippen LogP contribution in [0.25, 0.3) is 11.1 Å². The van der Waals surface area contributed by atoms with E-state index in [0.29, 0.717) is 45.9 Å². The average molecular weight is 603 g/mol. The topological polar surface area (TPSA) is 95.3 Å². The molecule has 4 aromatic rings. The summed E-state index contributed by atoms with van der Waals surface area (Å²) in [5, 5.41) is 14.8. The van der Waals surface area contributed by atoms with Crippen molar-refractivity contribution in [1.82, 2.24) is 14.8 Å². The van der Waals surface area contributed by atoms with Crippen molar-refractivity contribution in [2.24, 2.45) is 0 Å². The Morgan fingerprint density at radius 2 is 1.95 bits per heavy atom. The van der Waals surface area contributed by atoms with E-state index in [4.69, 9.17) is 21.1 Å². The summed E-state index contributed by atoms with van der Waals surface area (Å²) in [5.74, 6) is 0.414. The number of ether oxygens (including phenoxy) is 2. The van der Waals surface area contributed by atoms with Crippen LogP contribution in [0.1, 0.15) is 35.1 Å². The zero-order valence-electron chi connectivity index (χ0n) is 22.2. The maximum absolute atomic E-state index is 13.4. The second kappa shape index (κ2) is 13.8. The van der Waals surface area contributed by atoms with E-state index in [-0.39, 0.29) is 23.0 Å². The fourth-order valence-electron chi connectivity index (χ4n) is 4.00. The Morgan fingerprint density at radius 3 is 2.65 bits per heavy atom. The van der Waals surface area contributed by atoms with Gasteiger partial charge in [0, 0.05) is 28.9 Å². The van der Waals surface area contributed by atoms with Gasteiger partial charge in [-0.1, -0.05) is 35.5 Å². The lowest BCUT2D eigenvalue weighted by Crippen LogP contribution is -2.16. The monoisotopic (exact) mass is 602 g/mol. The number of carbonyl (C=O) groups is 2. The molecule has 0 saturated heterocycles. The number of aromatic nitrogens is 3. The molecule has 1 amide bonds. The van der Waals surface area contributed by atoms with Gasteiger partial charge in [0.15, 0.2) is 5.16 Å². The van der Waals surface area contributed by atoms with E-state index in [2.05, 4.69) is 15.5 Å². The number of carbonyl (C=O) groups excluding carboxylic acids is 2. The predicted molar refractivity (Wildman–Crippen MR) is 156 cm³/mol. The molecule has 8 nitrogen and oxygen atoms in total. The van der Waals surface area contributed by atoms with Gasteiger partial charge in [0.25, 0.3) is 0 Å². The van der Waals surface area contributed by atoms with Crippen LogP contribution in [0.4, 0.5) is 9.39 Å². The molecule has 0 fully saturated rings. The number of aryl methyl sites for hydroxylation is 2. The zero-order valence-corrected chi connectivity index (χ0v) is 24.6. The highest BCUT2D eigenvalue weighted by Crippen LogP contribution is 2.36. The van der Waals surface area contributed by atoms with Gasteiger partial charge in [-0.2, -0.15) is 0 Å². The predicted octanol–water partition coefficient (Wildman–Crippen LogP) is 6.66. The minimum Gasteiger partial charge on any atom is -0.493 e. The minimum absolute atomic E-state index is 0.0709. The first-order valence-electron chi connectivity index (χ1n) is 12.5. The maximum atomic E-state index is 13.4. The Kier molecular flexibility index (Phi) is 10.2. The molecule has 0 atom stereocenters. The quantitative estimate of drug-likeness (QED) is 0.110. The third kappa shape index (κ3) is 7.21. The van der Waals surface area contributed by atoms with E-state index in [1.54, 1.807) is 23.6 Å². The van der Waals surface area contributed by atoms with Gasteiger partial charge in [-0.3, -0.25) is 4.79 Å². The number of esters is 1. The number of benzene rings is 2. The molecule has 12 heteroatoms. The molecule has 0 aliphatic heterocycles. The summed E-state index contributed by atoms with van der Waals surface area (Å²) in [6.07, 6.45) is 1.42. The van der Waals surface area contributed by atoms with E-state index in [1.165, 1.54) is 42.3 Å². The van der Waals surface area contributed by atoms with Crippen LogP contribution >= 0.6 is 34.7 Å². The van der Waals surface area contributed by atoms with Gasteiger partial charge in [0.1, 0.15) is 28.0 Å². The number of halogens is 2. The van der Waals surface area contributed by atoms with Gasteiger partial charge in [-0.25, -0.2) is 9.18 Å². The summed E-state index contributed by atoms with van der Waals surface area (Å²) in [6.45, 7) is 5.12. The molecule has 4 rings (SSSR count). The molecular formula is C28H28ClFN4O4S2. The average Bonchev–Trinajstić information content (AvgIpc) is 3.54. The number of methoxy groups -OCH3 is 1. The summed E-state index contributed by atoms with van der Waals surface area (Å²) in [5.41, 5.74) is 2.41. The molecule has 210 valence electrons. The number of rotatable bonds is 12. The molecule has 0 spiro atoms. The van der Waals surface area contributed by atoms with E-state index < -0.39 is 5.97 Å². The SMILES string of the molecule is CCn1c(CCCOc2ccc(Cl)cc2C)nnc1SCC(=O)Nc1scc(-c2ccc(F)cc2)c1C(=O)OC. The van der Waals surface area contributed by atoms with Crippen LogP contribution in [0.15, 0.2) is 53.0 Å². The molecule has 0 aliphatic rings. The first kappa shape index (κ1) is 29.6. The van der Waals surface area contributed by atoms with Crippen LogP contribution in [0.2, 0.25) is 5.02 Å². The number of hydrogen-bond acceptors (Lipinski definition) is 8. The van der Waals surface area contributed by atoms with Gasteiger partial charge >= 0.3 is 5.97 Å². The van der Waals surface area contributed by atoms with Crippen molar-refractivity contribution >= 4 is 51.6 Å². The van der Waals surface area contributed by atoms with Crippen LogP contribution in [0.3, 0.4) is 0 Å². The summed E-state index contributed by atoms with van der Waals surface area (Å²) >= 11 is 8.47. The van der Waals surface area contributed by atoms with Crippen molar-refractivity contribution in [2.45, 2.75) is 38.4 Å². The van der Waals surface area contributed by atoms with Gasteiger partial charge in [0.2, 0.25) is 5.91 Å². The third-order valence-corrected chi connectivity index (χ3v) is 8.07. The summed E-state index contributed by atoms with van der Waals surface area (Å²) < 4.78 is 26.2. The fourth-order valence-corrected chi connectivity index (χ4v) is 6.03. The summed E-state index contributed by atoms with van der Waals surface area (Å²) in [4.78, 5) is 25.4. The van der Waals surface area contributed by atoms with Crippen LogP contribution < -0.4 is 10.1 Å². The van der Waals surface area contributed by atoms with E-state index in [1.807, 2.05) is 30.5 Å². The van der Waals surface area contributed by atoms with E-state index in [0.717, 1.165) is 23.6 Å². The lowest BCUT2D eigenvalue weighted by atomic mass is 10.0. The fraction of sp³-hybridized carbons (Fsp3) is 0.286.